The van der Waals surface area contributed by atoms with E-state index in [0.717, 1.165) is 0 Å². The number of benzene rings is 1. The molecule has 1 aliphatic heterocycles. The lowest BCUT2D eigenvalue weighted by atomic mass is 10.2. The maximum atomic E-state index is 12.4. The topological polar surface area (TPSA) is 57.7 Å². The van der Waals surface area contributed by atoms with E-state index in [2.05, 4.69) is 28.6 Å². The fourth-order valence-electron chi connectivity index (χ4n) is 2.07. The molecule has 1 heterocycles. The highest BCUT2D eigenvalue weighted by atomic mass is 79.9. The van der Waals surface area contributed by atoms with Gasteiger partial charge in [0.1, 0.15) is 0 Å². The number of carbonyl (C=O) groups excluding carboxylic acids is 1. The largest absolute Gasteiger partial charge is 0.336 e. The Balaban J connectivity index is 2.11. The van der Waals surface area contributed by atoms with E-state index in [1.54, 1.807) is 23.1 Å². The Hall–Kier alpha value is -0.570. The Labute approximate surface area is 132 Å². The third kappa shape index (κ3) is 3.55. The van der Waals surface area contributed by atoms with Gasteiger partial charge in [0.15, 0.2) is 0 Å². The van der Waals surface area contributed by atoms with Crippen molar-refractivity contribution in [2.24, 2.45) is 0 Å². The second-order valence-electron chi connectivity index (χ2n) is 4.62. The number of carbonyl (C=O) groups is 1. The normalized spacial score (nSPS) is 17.2. The summed E-state index contributed by atoms with van der Waals surface area (Å²) in [5.41, 5.74) is 0.547. The minimum absolute atomic E-state index is 0.110. The minimum atomic E-state index is -3.18. The molecule has 0 unspecified atom stereocenters. The molecule has 8 heteroatoms. The Morgan fingerprint density at radius 2 is 1.85 bits per heavy atom. The summed E-state index contributed by atoms with van der Waals surface area (Å²) in [6.45, 7) is 1.47. The molecule has 1 fully saturated rings. The first kappa shape index (κ1) is 15.8. The van der Waals surface area contributed by atoms with E-state index < -0.39 is 10.0 Å². The van der Waals surface area contributed by atoms with Crippen LogP contribution < -0.4 is 0 Å². The van der Waals surface area contributed by atoms with E-state index in [9.17, 15) is 13.2 Å². The quantitative estimate of drug-likeness (QED) is 0.792. The van der Waals surface area contributed by atoms with Crippen molar-refractivity contribution < 1.29 is 13.2 Å². The van der Waals surface area contributed by atoms with E-state index >= 15 is 0 Å². The van der Waals surface area contributed by atoms with Crippen molar-refractivity contribution in [1.82, 2.24) is 9.21 Å². The third-order valence-electron chi connectivity index (χ3n) is 3.18. The zero-order valence-corrected chi connectivity index (χ0v) is 14.2. The second-order valence-corrected chi connectivity index (χ2v) is 7.97. The number of nitrogens with zero attached hydrogens (tertiary/aromatic N) is 2. The van der Waals surface area contributed by atoms with Crippen molar-refractivity contribution in [1.29, 1.82) is 0 Å². The molecule has 20 heavy (non-hydrogen) atoms. The molecule has 1 aromatic rings. The van der Waals surface area contributed by atoms with Gasteiger partial charge in [-0.25, -0.2) is 8.42 Å². The first-order chi connectivity index (χ1) is 9.29. The smallest absolute Gasteiger partial charge is 0.255 e. The van der Waals surface area contributed by atoms with Gasteiger partial charge in [-0.15, -0.1) is 12.6 Å². The van der Waals surface area contributed by atoms with Crippen LogP contribution in [0.4, 0.5) is 0 Å². The Morgan fingerprint density at radius 1 is 1.25 bits per heavy atom. The standard InChI is InChI=1S/C12H15BrN2O3S2/c1-20(17,18)15-6-4-14(5-7-15)12(16)10-8-9(19)2-3-11(10)13/h2-3,8,19H,4-7H2,1H3. The summed E-state index contributed by atoms with van der Waals surface area (Å²) in [6, 6.07) is 5.28. The lowest BCUT2D eigenvalue weighted by molar-refractivity contribution is 0.0697. The summed E-state index contributed by atoms with van der Waals surface area (Å²) in [5.74, 6) is -0.110. The van der Waals surface area contributed by atoms with Crippen LogP contribution >= 0.6 is 28.6 Å². The van der Waals surface area contributed by atoms with Gasteiger partial charge in [0.2, 0.25) is 10.0 Å². The van der Waals surface area contributed by atoms with Gasteiger partial charge in [0.25, 0.3) is 5.91 Å². The maximum absolute atomic E-state index is 12.4. The van der Waals surface area contributed by atoms with Crippen molar-refractivity contribution in [2.75, 3.05) is 32.4 Å². The van der Waals surface area contributed by atoms with Crippen LogP contribution in [0.1, 0.15) is 10.4 Å². The SMILES string of the molecule is CS(=O)(=O)N1CCN(C(=O)c2cc(S)ccc2Br)CC1. The molecule has 110 valence electrons. The van der Waals surface area contributed by atoms with Gasteiger partial charge < -0.3 is 4.90 Å². The molecule has 0 atom stereocenters. The molecule has 0 aliphatic carbocycles. The number of piperazine rings is 1. The highest BCUT2D eigenvalue weighted by Crippen LogP contribution is 2.22. The van der Waals surface area contributed by atoms with Crippen LogP contribution in [0.2, 0.25) is 0 Å². The highest BCUT2D eigenvalue weighted by Gasteiger charge is 2.27. The average Bonchev–Trinajstić information content (AvgIpc) is 2.40. The predicted octanol–water partition coefficient (Wildman–Crippen LogP) is 1.46. The second kappa shape index (κ2) is 6.05. The molecular weight excluding hydrogens is 364 g/mol. The highest BCUT2D eigenvalue weighted by molar-refractivity contribution is 9.10. The fraction of sp³-hybridized carbons (Fsp3) is 0.417. The number of hydrogen-bond donors (Lipinski definition) is 1. The van der Waals surface area contributed by atoms with E-state index in [1.165, 1.54) is 10.6 Å². The van der Waals surface area contributed by atoms with Gasteiger partial charge in [0.05, 0.1) is 11.8 Å². The van der Waals surface area contributed by atoms with Gasteiger partial charge in [-0.3, -0.25) is 4.79 Å². The summed E-state index contributed by atoms with van der Waals surface area (Å²) in [5, 5.41) is 0. The zero-order chi connectivity index (χ0) is 14.9. The monoisotopic (exact) mass is 378 g/mol. The molecule has 0 radical (unpaired) electrons. The number of rotatable bonds is 2. The van der Waals surface area contributed by atoms with E-state index in [1.807, 2.05) is 0 Å². The van der Waals surface area contributed by atoms with Crippen molar-refractivity contribution >= 4 is 44.5 Å². The summed E-state index contributed by atoms with van der Waals surface area (Å²) >= 11 is 7.59. The molecule has 0 aromatic heterocycles. The van der Waals surface area contributed by atoms with Crippen LogP contribution in [0.3, 0.4) is 0 Å². The lowest BCUT2D eigenvalue weighted by Crippen LogP contribution is -2.50. The van der Waals surface area contributed by atoms with Crippen molar-refractivity contribution in [3.8, 4) is 0 Å². The van der Waals surface area contributed by atoms with Gasteiger partial charge in [-0.1, -0.05) is 0 Å². The molecule has 1 saturated heterocycles. The molecule has 0 saturated carbocycles. The number of halogens is 1. The van der Waals surface area contributed by atoms with Crippen LogP contribution in [-0.4, -0.2) is 56.0 Å². The van der Waals surface area contributed by atoms with Crippen LogP contribution in [0.15, 0.2) is 27.6 Å². The van der Waals surface area contributed by atoms with Crippen molar-refractivity contribution in [3.63, 3.8) is 0 Å². The molecule has 5 nitrogen and oxygen atoms in total. The lowest BCUT2D eigenvalue weighted by Gasteiger charge is -2.33. The summed E-state index contributed by atoms with van der Waals surface area (Å²) in [4.78, 5) is 14.8. The summed E-state index contributed by atoms with van der Waals surface area (Å²) in [7, 11) is -3.18. The number of hydrogen-bond acceptors (Lipinski definition) is 4. The zero-order valence-electron chi connectivity index (χ0n) is 10.9. The van der Waals surface area contributed by atoms with Gasteiger partial charge in [0, 0.05) is 35.5 Å². The summed E-state index contributed by atoms with van der Waals surface area (Å²) < 4.78 is 25.0. The van der Waals surface area contributed by atoms with E-state index in [0.29, 0.717) is 41.1 Å². The molecular formula is C12H15BrN2O3S2. The predicted molar refractivity (Wildman–Crippen MR) is 83.7 cm³/mol. The van der Waals surface area contributed by atoms with Gasteiger partial charge in [-0.05, 0) is 34.1 Å². The molecule has 1 aromatic carbocycles. The molecule has 0 N–H and O–H groups in total. The van der Waals surface area contributed by atoms with Crippen LogP contribution in [-0.2, 0) is 10.0 Å². The third-order valence-corrected chi connectivity index (χ3v) is 5.45. The Kier molecular flexibility index (Phi) is 4.78. The van der Waals surface area contributed by atoms with Crippen LogP contribution in [0.5, 0.6) is 0 Å². The maximum Gasteiger partial charge on any atom is 0.255 e. The first-order valence-corrected chi connectivity index (χ1v) is 9.11. The average molecular weight is 379 g/mol. The molecule has 2 rings (SSSR count). The van der Waals surface area contributed by atoms with E-state index in [4.69, 9.17) is 0 Å². The Morgan fingerprint density at radius 3 is 2.40 bits per heavy atom. The van der Waals surface area contributed by atoms with Crippen molar-refractivity contribution in [3.05, 3.63) is 28.2 Å². The fourth-order valence-corrected chi connectivity index (χ4v) is 3.52. The molecule has 0 bridgehead atoms. The molecule has 1 amide bonds. The van der Waals surface area contributed by atoms with E-state index in [-0.39, 0.29) is 5.91 Å². The number of amides is 1. The number of thiol groups is 1. The molecule has 0 spiro atoms. The van der Waals surface area contributed by atoms with Gasteiger partial charge >= 0.3 is 0 Å². The number of sulfonamides is 1. The van der Waals surface area contributed by atoms with Crippen LogP contribution in [0.25, 0.3) is 0 Å². The van der Waals surface area contributed by atoms with Crippen molar-refractivity contribution in [2.45, 2.75) is 4.90 Å². The molecule has 1 aliphatic rings. The summed E-state index contributed by atoms with van der Waals surface area (Å²) in [6.07, 6.45) is 1.19. The Bertz CT molecular complexity index is 626. The first-order valence-electron chi connectivity index (χ1n) is 6.02. The minimum Gasteiger partial charge on any atom is -0.336 e. The van der Waals surface area contributed by atoms with Crippen LogP contribution in [0, 0.1) is 0 Å². The van der Waals surface area contributed by atoms with Gasteiger partial charge in [-0.2, -0.15) is 4.31 Å².